The van der Waals surface area contributed by atoms with Crippen molar-refractivity contribution in [2.45, 2.75) is 19.8 Å². The van der Waals surface area contributed by atoms with Gasteiger partial charge in [-0.3, -0.25) is 0 Å². The largest absolute Gasteiger partial charge is 0.497 e. The van der Waals surface area contributed by atoms with E-state index in [0.29, 0.717) is 11.5 Å². The summed E-state index contributed by atoms with van der Waals surface area (Å²) in [6.07, 6.45) is 1.91. The minimum atomic E-state index is 0.514. The van der Waals surface area contributed by atoms with Crippen LogP contribution in [0.4, 0.5) is 0 Å². The molecular weight excluding hydrogens is 258 g/mol. The molecule has 0 spiro atoms. The summed E-state index contributed by atoms with van der Waals surface area (Å²) >= 11 is 0. The number of hydrogen-bond acceptors (Lipinski definition) is 2. The Hall–Kier alpha value is -2.53. The number of allylic oxidation sites excluding steroid dienone is 1. The standard InChI is InChI=1S/C19H19NO/c1-14(2)16-6-4-15(5-7-16)12-18(13-20)17-8-10-19(21-3)11-9-17/h4-12,14H,1-3H3. The van der Waals surface area contributed by atoms with E-state index in [1.54, 1.807) is 7.11 Å². The quantitative estimate of drug-likeness (QED) is 0.589. The van der Waals surface area contributed by atoms with Crippen molar-refractivity contribution in [1.82, 2.24) is 0 Å². The van der Waals surface area contributed by atoms with Crippen molar-refractivity contribution in [1.29, 1.82) is 5.26 Å². The molecule has 0 saturated carbocycles. The van der Waals surface area contributed by atoms with Gasteiger partial charge in [0.05, 0.1) is 18.8 Å². The topological polar surface area (TPSA) is 33.0 Å². The number of nitrogens with zero attached hydrogens (tertiary/aromatic N) is 1. The van der Waals surface area contributed by atoms with Crippen LogP contribution in [-0.4, -0.2) is 7.11 Å². The molecule has 2 aromatic rings. The summed E-state index contributed by atoms with van der Waals surface area (Å²) in [6, 6.07) is 18.1. The van der Waals surface area contributed by atoms with Gasteiger partial charge in [-0.25, -0.2) is 0 Å². The maximum Gasteiger partial charge on any atom is 0.118 e. The van der Waals surface area contributed by atoms with Crippen LogP contribution < -0.4 is 4.74 Å². The van der Waals surface area contributed by atoms with Crippen LogP contribution in [0.3, 0.4) is 0 Å². The van der Waals surface area contributed by atoms with Crippen molar-refractivity contribution in [3.8, 4) is 11.8 Å². The van der Waals surface area contributed by atoms with Crippen LogP contribution in [0.5, 0.6) is 5.75 Å². The Bertz CT molecular complexity index is 658. The van der Waals surface area contributed by atoms with E-state index in [0.717, 1.165) is 16.9 Å². The van der Waals surface area contributed by atoms with Crippen LogP contribution in [0.25, 0.3) is 11.6 Å². The first-order valence-electron chi connectivity index (χ1n) is 7.00. The number of methoxy groups -OCH3 is 1. The van der Waals surface area contributed by atoms with Crippen molar-refractivity contribution in [2.24, 2.45) is 0 Å². The molecule has 2 heteroatoms. The molecule has 2 aromatic carbocycles. The highest BCUT2D eigenvalue weighted by molar-refractivity contribution is 5.89. The molecule has 0 saturated heterocycles. The van der Waals surface area contributed by atoms with Crippen molar-refractivity contribution < 1.29 is 4.74 Å². The maximum atomic E-state index is 9.36. The minimum Gasteiger partial charge on any atom is -0.497 e. The maximum absolute atomic E-state index is 9.36. The first-order valence-corrected chi connectivity index (χ1v) is 7.00. The number of nitriles is 1. The summed E-state index contributed by atoms with van der Waals surface area (Å²) in [7, 11) is 1.63. The Balaban J connectivity index is 2.29. The van der Waals surface area contributed by atoms with E-state index in [-0.39, 0.29) is 0 Å². The molecule has 106 valence electrons. The van der Waals surface area contributed by atoms with Gasteiger partial charge in [0.25, 0.3) is 0 Å². The van der Waals surface area contributed by atoms with Gasteiger partial charge >= 0.3 is 0 Å². The molecule has 0 atom stereocenters. The fraction of sp³-hybridized carbons (Fsp3) is 0.211. The van der Waals surface area contributed by atoms with Crippen LogP contribution in [0, 0.1) is 11.3 Å². The summed E-state index contributed by atoms with van der Waals surface area (Å²) < 4.78 is 5.13. The number of ether oxygens (including phenoxy) is 1. The SMILES string of the molecule is COc1ccc(C(C#N)=Cc2ccc(C(C)C)cc2)cc1. The van der Waals surface area contributed by atoms with E-state index in [1.807, 2.05) is 30.3 Å². The number of rotatable bonds is 4. The normalized spacial score (nSPS) is 11.3. The van der Waals surface area contributed by atoms with E-state index in [1.165, 1.54) is 5.56 Å². The Morgan fingerprint density at radius 3 is 2.14 bits per heavy atom. The van der Waals surface area contributed by atoms with E-state index in [4.69, 9.17) is 4.74 Å². The van der Waals surface area contributed by atoms with Crippen LogP contribution in [0.1, 0.15) is 36.5 Å². The molecule has 0 amide bonds. The zero-order valence-electron chi connectivity index (χ0n) is 12.6. The number of benzene rings is 2. The molecule has 0 bridgehead atoms. The Kier molecular flexibility index (Phi) is 4.79. The molecule has 2 nitrogen and oxygen atoms in total. The molecule has 0 fully saturated rings. The molecule has 0 aliphatic carbocycles. The lowest BCUT2D eigenvalue weighted by Crippen LogP contribution is -1.87. The highest BCUT2D eigenvalue weighted by atomic mass is 16.5. The molecule has 0 unspecified atom stereocenters. The lowest BCUT2D eigenvalue weighted by molar-refractivity contribution is 0.415. The predicted molar refractivity (Wildman–Crippen MR) is 87.0 cm³/mol. The van der Waals surface area contributed by atoms with Gasteiger partial charge in [-0.1, -0.05) is 38.1 Å². The first kappa shape index (κ1) is 14.9. The molecule has 0 aromatic heterocycles. The zero-order valence-corrected chi connectivity index (χ0v) is 12.6. The van der Waals surface area contributed by atoms with Crippen molar-refractivity contribution in [3.05, 3.63) is 65.2 Å². The molecule has 2 rings (SSSR count). The highest BCUT2D eigenvalue weighted by Gasteiger charge is 2.03. The van der Waals surface area contributed by atoms with E-state index >= 15 is 0 Å². The summed E-state index contributed by atoms with van der Waals surface area (Å²) in [5, 5.41) is 9.36. The third kappa shape index (κ3) is 3.73. The first-order chi connectivity index (χ1) is 10.1. The van der Waals surface area contributed by atoms with Gasteiger partial charge in [-0.15, -0.1) is 0 Å². The second-order valence-corrected chi connectivity index (χ2v) is 5.22. The van der Waals surface area contributed by atoms with Crippen molar-refractivity contribution in [2.75, 3.05) is 7.11 Å². The molecule has 21 heavy (non-hydrogen) atoms. The zero-order chi connectivity index (χ0) is 15.2. The lowest BCUT2D eigenvalue weighted by Gasteiger charge is -2.06. The molecule has 0 heterocycles. The summed E-state index contributed by atoms with van der Waals surface area (Å²) in [5.41, 5.74) is 3.88. The molecule has 0 N–H and O–H groups in total. The fourth-order valence-electron chi connectivity index (χ4n) is 2.09. The Morgan fingerprint density at radius 2 is 1.67 bits per heavy atom. The predicted octanol–water partition coefficient (Wildman–Crippen LogP) is 4.88. The minimum absolute atomic E-state index is 0.514. The van der Waals surface area contributed by atoms with Gasteiger partial charge in [0.1, 0.15) is 5.75 Å². The second kappa shape index (κ2) is 6.76. The van der Waals surface area contributed by atoms with Crippen molar-refractivity contribution in [3.63, 3.8) is 0 Å². The lowest BCUT2D eigenvalue weighted by atomic mass is 9.99. The fourth-order valence-corrected chi connectivity index (χ4v) is 2.09. The summed E-state index contributed by atoms with van der Waals surface area (Å²) in [6.45, 7) is 4.34. The average Bonchev–Trinajstić information content (AvgIpc) is 2.53. The van der Waals surface area contributed by atoms with Crippen molar-refractivity contribution >= 4 is 11.6 Å². The molecular formula is C19H19NO. The monoisotopic (exact) mass is 277 g/mol. The van der Waals surface area contributed by atoms with Gasteiger partial charge in [-0.2, -0.15) is 5.26 Å². The molecule has 0 radical (unpaired) electrons. The number of hydrogen-bond donors (Lipinski definition) is 0. The average molecular weight is 277 g/mol. The summed E-state index contributed by atoms with van der Waals surface area (Å²) in [5.74, 6) is 1.30. The van der Waals surface area contributed by atoms with E-state index in [2.05, 4.69) is 44.2 Å². The van der Waals surface area contributed by atoms with E-state index < -0.39 is 0 Å². The van der Waals surface area contributed by atoms with Crippen LogP contribution in [0.2, 0.25) is 0 Å². The smallest absolute Gasteiger partial charge is 0.118 e. The Morgan fingerprint density at radius 1 is 1.05 bits per heavy atom. The second-order valence-electron chi connectivity index (χ2n) is 5.22. The van der Waals surface area contributed by atoms with Crippen LogP contribution in [-0.2, 0) is 0 Å². The molecule has 0 aliphatic heterocycles. The van der Waals surface area contributed by atoms with Gasteiger partial charge < -0.3 is 4.74 Å². The van der Waals surface area contributed by atoms with Gasteiger partial charge in [0, 0.05) is 0 Å². The van der Waals surface area contributed by atoms with Crippen LogP contribution >= 0.6 is 0 Å². The third-order valence-corrected chi connectivity index (χ3v) is 3.44. The Labute approximate surface area is 126 Å². The van der Waals surface area contributed by atoms with Gasteiger partial charge in [-0.05, 0) is 52.9 Å². The van der Waals surface area contributed by atoms with E-state index in [9.17, 15) is 5.26 Å². The summed E-state index contributed by atoms with van der Waals surface area (Å²) in [4.78, 5) is 0. The van der Waals surface area contributed by atoms with Gasteiger partial charge in [0.2, 0.25) is 0 Å². The highest BCUT2D eigenvalue weighted by Crippen LogP contribution is 2.22. The van der Waals surface area contributed by atoms with Gasteiger partial charge in [0.15, 0.2) is 0 Å². The third-order valence-electron chi connectivity index (χ3n) is 3.44. The molecule has 0 aliphatic rings. The van der Waals surface area contributed by atoms with Crippen LogP contribution in [0.15, 0.2) is 48.5 Å².